The van der Waals surface area contributed by atoms with Gasteiger partial charge in [0, 0.05) is 42.4 Å². The summed E-state index contributed by atoms with van der Waals surface area (Å²) in [6, 6.07) is 12.6. The number of hydrogen-bond donors (Lipinski definition) is 2. The fourth-order valence-electron chi connectivity index (χ4n) is 6.20. The third kappa shape index (κ3) is 7.39. The molecule has 1 fully saturated rings. The molecule has 0 radical (unpaired) electrons. The minimum absolute atomic E-state index is 0.0197. The van der Waals surface area contributed by atoms with Gasteiger partial charge in [0.1, 0.15) is 11.6 Å². The number of likely N-dealkylation sites (tertiary alicyclic amines) is 1. The number of aliphatic carboxylic acids is 1. The van der Waals surface area contributed by atoms with Crippen molar-refractivity contribution in [2.24, 2.45) is 5.92 Å². The molecule has 2 aliphatic rings. The molecule has 0 bridgehead atoms. The number of anilines is 1. The molecule has 1 amide bonds. The number of ether oxygens (including phenoxy) is 5. The lowest BCUT2D eigenvalue weighted by atomic mass is 9.82. The van der Waals surface area contributed by atoms with E-state index < -0.39 is 29.7 Å². The summed E-state index contributed by atoms with van der Waals surface area (Å²) in [5, 5.41) is 14.2. The molecule has 3 aromatic rings. The summed E-state index contributed by atoms with van der Waals surface area (Å²) in [6.07, 6.45) is 1.32. The Morgan fingerprint density at radius 2 is 1.72 bits per heavy atom. The number of aryl methyl sites for hydroxylation is 2. The third-order valence-electron chi connectivity index (χ3n) is 8.38. The van der Waals surface area contributed by atoms with Gasteiger partial charge >= 0.3 is 5.97 Å². The number of amides is 1. The number of hydrogen-bond acceptors (Lipinski definition) is 8. The highest BCUT2D eigenvalue weighted by molar-refractivity contribution is 6.30. The molecule has 246 valence electrons. The average Bonchev–Trinajstić information content (AvgIpc) is 3.65. The maximum absolute atomic E-state index is 15.5. The number of benzene rings is 3. The first-order valence-electron chi connectivity index (χ1n) is 15.2. The van der Waals surface area contributed by atoms with E-state index in [1.54, 1.807) is 36.3 Å². The van der Waals surface area contributed by atoms with Crippen molar-refractivity contribution >= 4 is 29.2 Å². The maximum Gasteiger partial charge on any atom is 0.309 e. The number of fused-ring (bicyclic) bond motifs is 1. The van der Waals surface area contributed by atoms with E-state index in [0.717, 1.165) is 11.1 Å². The van der Waals surface area contributed by atoms with Crippen LogP contribution in [0.4, 0.5) is 10.1 Å². The molecule has 2 aliphatic heterocycles. The van der Waals surface area contributed by atoms with Crippen molar-refractivity contribution in [3.63, 3.8) is 0 Å². The number of methoxy groups -OCH3 is 1. The summed E-state index contributed by atoms with van der Waals surface area (Å²) in [6.45, 7) is 4.74. The molecule has 5 rings (SSSR count). The van der Waals surface area contributed by atoms with Crippen molar-refractivity contribution in [3.8, 4) is 17.2 Å². The van der Waals surface area contributed by atoms with Gasteiger partial charge in [-0.2, -0.15) is 0 Å². The second-order valence-corrected chi connectivity index (χ2v) is 11.6. The van der Waals surface area contributed by atoms with Crippen molar-refractivity contribution in [2.75, 3.05) is 52.3 Å². The molecule has 1 saturated heterocycles. The highest BCUT2D eigenvalue weighted by atomic mass is 35.5. The molecule has 10 nitrogen and oxygen atoms in total. The van der Waals surface area contributed by atoms with Gasteiger partial charge in [0.25, 0.3) is 0 Å². The Morgan fingerprint density at radius 3 is 2.35 bits per heavy atom. The largest absolute Gasteiger partial charge is 0.481 e. The molecule has 1 unspecified atom stereocenters. The quantitative estimate of drug-likeness (QED) is 0.164. The molecule has 0 spiro atoms. The van der Waals surface area contributed by atoms with Gasteiger partial charge in [-0.1, -0.05) is 37.6 Å². The molecule has 2 N–H and O–H groups in total. The Morgan fingerprint density at radius 1 is 1.04 bits per heavy atom. The molecule has 3 atom stereocenters. The van der Waals surface area contributed by atoms with Crippen LogP contribution in [0.15, 0.2) is 48.5 Å². The van der Waals surface area contributed by atoms with Crippen LogP contribution in [0.1, 0.15) is 48.1 Å². The summed E-state index contributed by atoms with van der Waals surface area (Å²) in [5.74, 6) is -2.75. The summed E-state index contributed by atoms with van der Waals surface area (Å²) in [7, 11) is 1.58. The van der Waals surface area contributed by atoms with Crippen LogP contribution < -0.4 is 19.5 Å². The minimum Gasteiger partial charge on any atom is -0.481 e. The van der Waals surface area contributed by atoms with Gasteiger partial charge < -0.3 is 34.1 Å². The molecular formula is C34H38ClFN2O8. The predicted molar refractivity (Wildman–Crippen MR) is 169 cm³/mol. The first-order valence-corrected chi connectivity index (χ1v) is 15.6. The van der Waals surface area contributed by atoms with Gasteiger partial charge in [-0.25, -0.2) is 4.39 Å². The van der Waals surface area contributed by atoms with E-state index in [0.29, 0.717) is 53.8 Å². The van der Waals surface area contributed by atoms with Crippen LogP contribution in [-0.2, 0) is 31.9 Å². The van der Waals surface area contributed by atoms with E-state index in [4.69, 9.17) is 35.3 Å². The van der Waals surface area contributed by atoms with Crippen LogP contribution in [0, 0.1) is 11.7 Å². The molecule has 3 aromatic carbocycles. The van der Waals surface area contributed by atoms with Gasteiger partial charge in [-0.05, 0) is 65.4 Å². The Hall–Kier alpha value is -3.90. The first-order chi connectivity index (χ1) is 22.2. The molecule has 0 aliphatic carbocycles. The third-order valence-corrected chi connectivity index (χ3v) is 8.59. The Bertz CT molecular complexity index is 1530. The van der Waals surface area contributed by atoms with Crippen molar-refractivity contribution in [2.45, 2.75) is 38.6 Å². The number of carboxylic acids is 1. The summed E-state index contributed by atoms with van der Waals surface area (Å²) in [4.78, 5) is 28.4. The predicted octanol–water partition coefficient (Wildman–Crippen LogP) is 5.81. The van der Waals surface area contributed by atoms with Crippen LogP contribution in [0.5, 0.6) is 17.2 Å². The van der Waals surface area contributed by atoms with Gasteiger partial charge in [-0.3, -0.25) is 14.5 Å². The molecule has 0 saturated carbocycles. The van der Waals surface area contributed by atoms with Crippen molar-refractivity contribution in [1.29, 1.82) is 0 Å². The van der Waals surface area contributed by atoms with Crippen LogP contribution in [0.2, 0.25) is 5.02 Å². The second kappa shape index (κ2) is 15.1. The zero-order chi connectivity index (χ0) is 32.8. The molecule has 12 heteroatoms. The number of carbonyl (C=O) groups excluding carboxylic acids is 1. The van der Waals surface area contributed by atoms with Crippen LogP contribution in [0.25, 0.3) is 0 Å². The van der Waals surface area contributed by atoms with E-state index in [2.05, 4.69) is 5.32 Å². The van der Waals surface area contributed by atoms with E-state index in [1.807, 2.05) is 26.0 Å². The lowest BCUT2D eigenvalue weighted by molar-refractivity contribution is -0.143. The molecule has 2 heterocycles. The highest BCUT2D eigenvalue weighted by Gasteiger charge is 2.49. The summed E-state index contributed by atoms with van der Waals surface area (Å²) < 4.78 is 42.3. The van der Waals surface area contributed by atoms with Gasteiger partial charge in [-0.15, -0.1) is 0 Å². The van der Waals surface area contributed by atoms with Gasteiger partial charge in [0.2, 0.25) is 12.7 Å². The Labute approximate surface area is 272 Å². The maximum atomic E-state index is 15.5. The van der Waals surface area contributed by atoms with E-state index >= 15 is 4.39 Å². The molecule has 0 aromatic heterocycles. The zero-order valence-electron chi connectivity index (χ0n) is 26.0. The summed E-state index contributed by atoms with van der Waals surface area (Å²) in [5.41, 5.74) is 3.35. The second-order valence-electron chi connectivity index (χ2n) is 11.2. The van der Waals surface area contributed by atoms with E-state index in [1.165, 1.54) is 12.1 Å². The lowest BCUT2D eigenvalue weighted by Gasteiger charge is -2.27. The number of nitrogens with one attached hydrogen (secondary N) is 1. The van der Waals surface area contributed by atoms with Gasteiger partial charge in [0.15, 0.2) is 18.3 Å². The van der Waals surface area contributed by atoms with Crippen LogP contribution >= 0.6 is 11.6 Å². The smallest absolute Gasteiger partial charge is 0.309 e. The zero-order valence-corrected chi connectivity index (χ0v) is 26.8. The average molecular weight is 657 g/mol. The number of nitrogens with zero attached hydrogens (tertiary/aromatic N) is 1. The van der Waals surface area contributed by atoms with E-state index in [9.17, 15) is 14.7 Å². The van der Waals surface area contributed by atoms with E-state index in [-0.39, 0.29) is 43.9 Å². The number of carbonyl (C=O) groups is 2. The van der Waals surface area contributed by atoms with Crippen molar-refractivity contribution in [3.05, 3.63) is 81.6 Å². The fraction of sp³-hybridized carbons (Fsp3) is 0.412. The standard InChI is InChI=1S/C34H38ClFN2O8/c1-4-20-12-23(35)13-21(5-2)32(20)37-30(39)17-38-16-26(25-14-28-29(15-27(25)36)46-19-45-28)31(34(40)41)33(38)22-6-8-24(9-7-22)44-18-43-11-10-42-3/h6-9,12-15,26,31,33H,4-5,10-11,16-19H2,1-3H3,(H,37,39)(H,40,41)/t26-,31?,33+/m1/s1. The Balaban J connectivity index is 1.45. The number of rotatable bonds is 14. The lowest BCUT2D eigenvalue weighted by Crippen LogP contribution is -2.35. The van der Waals surface area contributed by atoms with Crippen molar-refractivity contribution < 1.29 is 42.8 Å². The molecular weight excluding hydrogens is 619 g/mol. The summed E-state index contributed by atoms with van der Waals surface area (Å²) >= 11 is 6.32. The Kier molecular flexibility index (Phi) is 11.0. The van der Waals surface area contributed by atoms with Crippen LogP contribution in [0.3, 0.4) is 0 Å². The first kappa shape index (κ1) is 33.5. The van der Waals surface area contributed by atoms with Crippen molar-refractivity contribution in [1.82, 2.24) is 4.90 Å². The number of carboxylic acid groups (broad SMARTS) is 1. The normalized spacial score (nSPS) is 18.9. The van der Waals surface area contributed by atoms with Crippen LogP contribution in [-0.4, -0.2) is 68.9 Å². The fourth-order valence-corrected chi connectivity index (χ4v) is 6.47. The topological polar surface area (TPSA) is 116 Å². The number of halogens is 2. The minimum atomic E-state index is -1.11. The van der Waals surface area contributed by atoms with Gasteiger partial charge in [0.05, 0.1) is 25.7 Å². The molecule has 46 heavy (non-hydrogen) atoms. The SMILES string of the molecule is CCc1cc(Cl)cc(CC)c1NC(=O)CN1C[C@H](c2cc3c(cc2F)OCO3)C(C(=O)O)[C@@H]1c1ccc(OCOCCOC)cc1. The highest BCUT2D eigenvalue weighted by Crippen LogP contribution is 2.48. The monoisotopic (exact) mass is 656 g/mol.